The summed E-state index contributed by atoms with van der Waals surface area (Å²) >= 11 is 1.43. The lowest BCUT2D eigenvalue weighted by Crippen LogP contribution is -2.30. The molecule has 0 unspecified atom stereocenters. The maximum atomic E-state index is 12.2. The number of esters is 1. The van der Waals surface area contributed by atoms with E-state index in [1.165, 1.54) is 25.2 Å². The van der Waals surface area contributed by atoms with E-state index in [4.69, 9.17) is 4.74 Å². The molecule has 0 fully saturated rings. The highest BCUT2D eigenvalue weighted by atomic mass is 32.1. The minimum atomic E-state index is -0.966. The van der Waals surface area contributed by atoms with E-state index in [-0.39, 0.29) is 5.78 Å². The van der Waals surface area contributed by atoms with Crippen molar-refractivity contribution in [2.24, 2.45) is 0 Å². The predicted molar refractivity (Wildman–Crippen MR) is 99.6 cm³/mol. The normalized spacial score (nSPS) is 11.8. The van der Waals surface area contributed by atoms with Gasteiger partial charge in [-0.05, 0) is 56.3 Å². The van der Waals surface area contributed by atoms with Crippen LogP contribution in [-0.4, -0.2) is 28.7 Å². The summed E-state index contributed by atoms with van der Waals surface area (Å²) in [5.74, 6) is -1.08. The van der Waals surface area contributed by atoms with Crippen LogP contribution >= 0.6 is 11.3 Å². The number of nitrogens with zero attached hydrogens (tertiary/aromatic N) is 1. The number of aromatic nitrogens is 1. The molecule has 0 aliphatic rings. The molecule has 1 atom stereocenters. The van der Waals surface area contributed by atoms with Gasteiger partial charge in [-0.3, -0.25) is 9.59 Å². The molecule has 1 N–H and O–H groups in total. The molecule has 3 rings (SSSR count). The van der Waals surface area contributed by atoms with Gasteiger partial charge in [-0.15, -0.1) is 11.3 Å². The topological polar surface area (TPSA) is 85.4 Å². The molecule has 7 heteroatoms. The summed E-state index contributed by atoms with van der Waals surface area (Å²) in [6.45, 7) is 2.97. The van der Waals surface area contributed by atoms with Crippen LogP contribution in [0.15, 0.2) is 48.0 Å². The smallest absolute Gasteiger partial charge is 0.338 e. The largest absolute Gasteiger partial charge is 0.449 e. The number of hydrogen-bond donors (Lipinski definition) is 1. The van der Waals surface area contributed by atoms with Crippen LogP contribution in [0.3, 0.4) is 0 Å². The van der Waals surface area contributed by atoms with Gasteiger partial charge in [0.25, 0.3) is 5.91 Å². The Labute approximate surface area is 153 Å². The number of amides is 1. The molecule has 0 aliphatic carbocycles. The summed E-state index contributed by atoms with van der Waals surface area (Å²) in [6.07, 6.45) is -0.966. The van der Waals surface area contributed by atoms with Crippen molar-refractivity contribution in [3.8, 4) is 0 Å². The van der Waals surface area contributed by atoms with E-state index >= 15 is 0 Å². The molecule has 2 aromatic carbocycles. The second-order valence-electron chi connectivity index (χ2n) is 5.71. The van der Waals surface area contributed by atoms with Gasteiger partial charge >= 0.3 is 5.97 Å². The first-order valence-electron chi connectivity index (χ1n) is 7.90. The van der Waals surface area contributed by atoms with Gasteiger partial charge in [0.15, 0.2) is 11.9 Å². The molecule has 0 saturated heterocycles. The summed E-state index contributed by atoms with van der Waals surface area (Å²) in [4.78, 5) is 39.9. The molecule has 0 saturated carbocycles. The van der Waals surface area contributed by atoms with E-state index in [0.717, 1.165) is 10.2 Å². The fourth-order valence-corrected chi connectivity index (χ4v) is 3.01. The molecular weight excluding hydrogens is 352 g/mol. The van der Waals surface area contributed by atoms with Gasteiger partial charge in [0.05, 0.1) is 21.3 Å². The number of ether oxygens (including phenoxy) is 1. The van der Waals surface area contributed by atoms with Crippen LogP contribution in [0.1, 0.15) is 34.6 Å². The number of anilines is 1. The number of benzene rings is 2. The van der Waals surface area contributed by atoms with E-state index in [9.17, 15) is 14.4 Å². The highest BCUT2D eigenvalue weighted by Crippen LogP contribution is 2.20. The van der Waals surface area contributed by atoms with Gasteiger partial charge in [0.2, 0.25) is 0 Å². The van der Waals surface area contributed by atoms with E-state index in [0.29, 0.717) is 16.8 Å². The second-order valence-corrected chi connectivity index (χ2v) is 6.59. The number of carbonyl (C=O) groups excluding carboxylic acids is 3. The number of nitrogens with one attached hydrogen (secondary N) is 1. The predicted octanol–water partition coefficient (Wildman–Crippen LogP) is 3.68. The van der Waals surface area contributed by atoms with Crippen LogP contribution in [0.5, 0.6) is 0 Å². The number of fused-ring (bicyclic) bond motifs is 1. The number of rotatable bonds is 5. The summed E-state index contributed by atoms with van der Waals surface area (Å²) in [5, 5.41) is 2.65. The summed E-state index contributed by atoms with van der Waals surface area (Å²) in [5.41, 5.74) is 3.96. The SMILES string of the molecule is CC(=O)c1ccc(NC(=O)[C@H](C)OC(=O)c2ccc3ncsc3c2)cc1. The molecule has 26 heavy (non-hydrogen) atoms. The Morgan fingerprint density at radius 2 is 1.77 bits per heavy atom. The number of carbonyl (C=O) groups is 3. The van der Waals surface area contributed by atoms with Gasteiger partial charge < -0.3 is 10.1 Å². The van der Waals surface area contributed by atoms with Gasteiger partial charge in [-0.25, -0.2) is 9.78 Å². The Balaban J connectivity index is 1.62. The Bertz CT molecular complexity index is 979. The zero-order valence-electron chi connectivity index (χ0n) is 14.2. The van der Waals surface area contributed by atoms with Crippen molar-refractivity contribution in [3.05, 3.63) is 59.1 Å². The summed E-state index contributed by atoms with van der Waals surface area (Å²) in [7, 11) is 0. The van der Waals surface area contributed by atoms with E-state index in [1.54, 1.807) is 48.0 Å². The standard InChI is InChI=1S/C19H16N2O4S/c1-11(22)13-3-6-15(7-4-13)21-18(23)12(2)25-19(24)14-5-8-16-17(9-14)26-10-20-16/h3-10,12H,1-2H3,(H,21,23)/t12-/m0/s1. The highest BCUT2D eigenvalue weighted by molar-refractivity contribution is 7.16. The van der Waals surface area contributed by atoms with Crippen molar-refractivity contribution in [1.29, 1.82) is 0 Å². The van der Waals surface area contributed by atoms with E-state index in [2.05, 4.69) is 10.3 Å². The average molecular weight is 368 g/mol. The van der Waals surface area contributed by atoms with Crippen molar-refractivity contribution < 1.29 is 19.1 Å². The summed E-state index contributed by atoms with van der Waals surface area (Å²) in [6, 6.07) is 11.6. The molecule has 1 amide bonds. The van der Waals surface area contributed by atoms with Crippen LogP contribution in [0.2, 0.25) is 0 Å². The lowest BCUT2D eigenvalue weighted by Gasteiger charge is -2.13. The number of thiazole rings is 1. The van der Waals surface area contributed by atoms with Crippen molar-refractivity contribution in [1.82, 2.24) is 4.98 Å². The fraction of sp³-hybridized carbons (Fsp3) is 0.158. The number of ketones is 1. The summed E-state index contributed by atoms with van der Waals surface area (Å²) < 4.78 is 6.11. The van der Waals surface area contributed by atoms with Crippen molar-refractivity contribution in [2.45, 2.75) is 20.0 Å². The van der Waals surface area contributed by atoms with Crippen molar-refractivity contribution >= 4 is 44.9 Å². The Morgan fingerprint density at radius 3 is 2.46 bits per heavy atom. The van der Waals surface area contributed by atoms with Gasteiger partial charge in [-0.1, -0.05) is 0 Å². The number of hydrogen-bond acceptors (Lipinski definition) is 6. The van der Waals surface area contributed by atoms with Gasteiger partial charge in [0, 0.05) is 11.3 Å². The lowest BCUT2D eigenvalue weighted by atomic mass is 10.1. The third-order valence-electron chi connectivity index (χ3n) is 3.78. The molecular formula is C19H16N2O4S. The maximum absolute atomic E-state index is 12.2. The molecule has 132 valence electrons. The Hall–Kier alpha value is -3.06. The molecule has 6 nitrogen and oxygen atoms in total. The van der Waals surface area contributed by atoms with Gasteiger partial charge in [-0.2, -0.15) is 0 Å². The lowest BCUT2D eigenvalue weighted by molar-refractivity contribution is -0.123. The first kappa shape index (κ1) is 17.8. The van der Waals surface area contributed by atoms with E-state index < -0.39 is 18.0 Å². The van der Waals surface area contributed by atoms with Crippen LogP contribution in [0.25, 0.3) is 10.2 Å². The maximum Gasteiger partial charge on any atom is 0.338 e. The van der Waals surface area contributed by atoms with Crippen molar-refractivity contribution in [3.63, 3.8) is 0 Å². The molecule has 1 aromatic heterocycles. The van der Waals surface area contributed by atoms with Crippen LogP contribution in [0, 0.1) is 0 Å². The van der Waals surface area contributed by atoms with Crippen molar-refractivity contribution in [2.75, 3.05) is 5.32 Å². The molecule has 0 bridgehead atoms. The first-order valence-corrected chi connectivity index (χ1v) is 8.78. The minimum absolute atomic E-state index is 0.0527. The average Bonchev–Trinajstić information content (AvgIpc) is 3.09. The monoisotopic (exact) mass is 368 g/mol. The highest BCUT2D eigenvalue weighted by Gasteiger charge is 2.19. The quantitative estimate of drug-likeness (QED) is 0.548. The van der Waals surface area contributed by atoms with Crippen LogP contribution < -0.4 is 5.32 Å². The third-order valence-corrected chi connectivity index (χ3v) is 4.57. The van der Waals surface area contributed by atoms with E-state index in [1.807, 2.05) is 0 Å². The third kappa shape index (κ3) is 3.94. The van der Waals surface area contributed by atoms with Crippen LogP contribution in [-0.2, 0) is 9.53 Å². The molecule has 0 radical (unpaired) electrons. The molecule has 0 aliphatic heterocycles. The second kappa shape index (κ2) is 7.45. The zero-order chi connectivity index (χ0) is 18.7. The fourth-order valence-electron chi connectivity index (χ4n) is 2.30. The molecule has 3 aromatic rings. The Morgan fingerprint density at radius 1 is 1.08 bits per heavy atom. The zero-order valence-corrected chi connectivity index (χ0v) is 15.0. The molecule has 0 spiro atoms. The Kier molecular flexibility index (Phi) is 5.09. The van der Waals surface area contributed by atoms with Crippen LogP contribution in [0.4, 0.5) is 5.69 Å². The minimum Gasteiger partial charge on any atom is -0.449 e. The number of Topliss-reactive ketones (excluding diaryl/α,β-unsaturated/α-hetero) is 1. The first-order chi connectivity index (χ1) is 12.4. The van der Waals surface area contributed by atoms with Gasteiger partial charge in [0.1, 0.15) is 0 Å². The molecule has 1 heterocycles.